The van der Waals surface area contributed by atoms with Crippen molar-refractivity contribution in [3.8, 4) is 0 Å². The zero-order valence-corrected chi connectivity index (χ0v) is 20.6. The highest BCUT2D eigenvalue weighted by atomic mass is 15.1. The lowest BCUT2D eigenvalue weighted by atomic mass is 9.90. The molecule has 2 heterocycles. The highest BCUT2D eigenvalue weighted by molar-refractivity contribution is 6.08. The van der Waals surface area contributed by atoms with E-state index in [9.17, 15) is 0 Å². The average molecular weight is 445 g/mol. The Bertz CT molecular complexity index is 971. The molecule has 0 amide bonds. The van der Waals surface area contributed by atoms with Gasteiger partial charge in [-0.2, -0.15) is 0 Å². The first-order valence-corrected chi connectivity index (χ1v) is 12.3. The van der Waals surface area contributed by atoms with Crippen LogP contribution in [0.4, 0.5) is 0 Å². The van der Waals surface area contributed by atoms with Crippen LogP contribution in [0.15, 0.2) is 65.7 Å². The van der Waals surface area contributed by atoms with Gasteiger partial charge in [-0.1, -0.05) is 50.3 Å². The maximum Gasteiger partial charge on any atom is 0.0379 e. The fourth-order valence-corrected chi connectivity index (χ4v) is 4.69. The Hall–Kier alpha value is -2.85. The molecule has 0 unspecified atom stereocenters. The third-order valence-electron chi connectivity index (χ3n) is 6.47. The summed E-state index contributed by atoms with van der Waals surface area (Å²) in [5.41, 5.74) is 9.34. The lowest BCUT2D eigenvalue weighted by Gasteiger charge is -2.26. The third kappa shape index (κ3) is 6.82. The van der Waals surface area contributed by atoms with Gasteiger partial charge in [-0.15, -0.1) is 0 Å². The number of piperidine rings is 1. The molecule has 176 valence electrons. The second kappa shape index (κ2) is 12.4. The van der Waals surface area contributed by atoms with E-state index in [1.54, 1.807) is 0 Å². The van der Waals surface area contributed by atoms with Crippen molar-refractivity contribution >= 4 is 17.9 Å². The molecule has 4 nitrogen and oxygen atoms in total. The Kier molecular flexibility index (Phi) is 9.32. The number of nitrogens with one attached hydrogen (secondary N) is 3. The zero-order valence-electron chi connectivity index (χ0n) is 20.6. The maximum absolute atomic E-state index is 7.99. The van der Waals surface area contributed by atoms with Crippen molar-refractivity contribution in [2.45, 2.75) is 52.9 Å². The molecule has 1 saturated heterocycles. The monoisotopic (exact) mass is 444 g/mol. The van der Waals surface area contributed by atoms with Crippen LogP contribution in [0.3, 0.4) is 0 Å². The minimum Gasteiger partial charge on any atom is -0.389 e. The Morgan fingerprint density at radius 3 is 2.70 bits per heavy atom. The van der Waals surface area contributed by atoms with Crippen molar-refractivity contribution in [1.82, 2.24) is 15.5 Å². The Labute approximate surface area is 200 Å². The van der Waals surface area contributed by atoms with Crippen molar-refractivity contribution in [3.05, 3.63) is 82.4 Å². The van der Waals surface area contributed by atoms with Crippen LogP contribution >= 0.6 is 0 Å². The molecule has 0 radical (unpaired) electrons. The summed E-state index contributed by atoms with van der Waals surface area (Å²) in [6.07, 6.45) is 15.7. The van der Waals surface area contributed by atoms with Gasteiger partial charge in [-0.3, -0.25) is 0 Å². The molecule has 1 aromatic rings. The van der Waals surface area contributed by atoms with Crippen LogP contribution in [-0.2, 0) is 6.42 Å². The molecule has 4 heteroatoms. The number of nitrogens with zero attached hydrogens (tertiary/aromatic N) is 1. The first-order chi connectivity index (χ1) is 16.0. The Morgan fingerprint density at radius 1 is 1.21 bits per heavy atom. The molecule has 0 atom stereocenters. The normalized spacial score (nSPS) is 18.7. The second-order valence-electron chi connectivity index (χ2n) is 9.03. The smallest absolute Gasteiger partial charge is 0.0379 e. The fraction of sp³-hybridized carbons (Fsp3) is 0.414. The van der Waals surface area contributed by atoms with Gasteiger partial charge in [0, 0.05) is 48.9 Å². The molecule has 1 fully saturated rings. The predicted molar refractivity (Wildman–Crippen MR) is 143 cm³/mol. The number of hydrogen-bond donors (Lipinski definition) is 3. The van der Waals surface area contributed by atoms with Crippen molar-refractivity contribution in [2.75, 3.05) is 26.2 Å². The van der Waals surface area contributed by atoms with Crippen LogP contribution in [0.2, 0.25) is 0 Å². The Balaban J connectivity index is 1.79. The van der Waals surface area contributed by atoms with Gasteiger partial charge in [0.25, 0.3) is 0 Å². The first kappa shape index (κ1) is 24.8. The van der Waals surface area contributed by atoms with Crippen molar-refractivity contribution in [2.24, 2.45) is 0 Å². The minimum atomic E-state index is 0.831. The molecule has 0 bridgehead atoms. The number of rotatable bonds is 10. The summed E-state index contributed by atoms with van der Waals surface area (Å²) in [5.74, 6) is 0. The van der Waals surface area contributed by atoms with Crippen LogP contribution in [-0.4, -0.2) is 37.3 Å². The van der Waals surface area contributed by atoms with Gasteiger partial charge in [0.05, 0.1) is 0 Å². The van der Waals surface area contributed by atoms with Crippen LogP contribution in [0, 0.1) is 5.41 Å². The lowest BCUT2D eigenvalue weighted by Crippen LogP contribution is -2.34. The van der Waals surface area contributed by atoms with Gasteiger partial charge in [-0.25, -0.2) is 0 Å². The van der Waals surface area contributed by atoms with Gasteiger partial charge < -0.3 is 20.9 Å². The summed E-state index contributed by atoms with van der Waals surface area (Å²) in [5, 5.41) is 15.0. The second-order valence-corrected chi connectivity index (χ2v) is 9.03. The molecule has 33 heavy (non-hydrogen) atoms. The predicted octanol–water partition coefficient (Wildman–Crippen LogP) is 6.06. The minimum absolute atomic E-state index is 0.831. The number of hydrogen-bond acceptors (Lipinski definition) is 4. The van der Waals surface area contributed by atoms with Crippen molar-refractivity contribution < 1.29 is 0 Å². The molecule has 0 spiro atoms. The standard InChI is InChI=1S/C29H40N4/c1-5-10-29-28(22(3)17-23(4)32-29)19-26-18-25(12-11-24(26)6-2)27(20-30)21-31-13-16-33-14-8-7-9-15-33/h6,10-12,17-18,20-21,30-32H,2,5,7-9,13-16,19H2,1,3-4H3/b27-21+,29-10-,30-20?. The summed E-state index contributed by atoms with van der Waals surface area (Å²) >= 11 is 0. The molecule has 2 aliphatic heterocycles. The van der Waals surface area contributed by atoms with E-state index in [0.29, 0.717) is 0 Å². The molecule has 2 aliphatic rings. The van der Waals surface area contributed by atoms with Gasteiger partial charge in [0.2, 0.25) is 0 Å². The van der Waals surface area contributed by atoms with E-state index in [-0.39, 0.29) is 0 Å². The number of likely N-dealkylation sites (tertiary alicyclic amines) is 1. The SMILES string of the molecule is C=Cc1ccc(/C(C=N)=C/NCCN2CCCCC2)cc1CC1=C(C)C=C(C)N/C1=C\CC. The molecular weight excluding hydrogens is 404 g/mol. The fourth-order valence-electron chi connectivity index (χ4n) is 4.69. The van der Waals surface area contributed by atoms with E-state index in [0.717, 1.165) is 42.6 Å². The number of allylic oxidation sites excluding steroid dienone is 6. The summed E-state index contributed by atoms with van der Waals surface area (Å²) in [7, 11) is 0. The quantitative estimate of drug-likeness (QED) is 0.304. The molecule has 3 N–H and O–H groups in total. The molecule has 0 aromatic heterocycles. The van der Waals surface area contributed by atoms with E-state index in [1.165, 1.54) is 66.7 Å². The van der Waals surface area contributed by atoms with Crippen molar-refractivity contribution in [1.29, 1.82) is 5.41 Å². The molecule has 1 aromatic carbocycles. The van der Waals surface area contributed by atoms with Crippen molar-refractivity contribution in [3.63, 3.8) is 0 Å². The van der Waals surface area contributed by atoms with E-state index in [2.05, 4.69) is 73.2 Å². The van der Waals surface area contributed by atoms with E-state index < -0.39 is 0 Å². The average Bonchev–Trinajstić information content (AvgIpc) is 2.82. The van der Waals surface area contributed by atoms with E-state index in [4.69, 9.17) is 5.41 Å². The van der Waals surface area contributed by atoms with Gasteiger partial charge in [-0.05, 0) is 80.1 Å². The highest BCUT2D eigenvalue weighted by Crippen LogP contribution is 2.28. The summed E-state index contributed by atoms with van der Waals surface area (Å²) in [4.78, 5) is 2.53. The molecular formula is C29H40N4. The molecule has 0 saturated carbocycles. The van der Waals surface area contributed by atoms with Crippen LogP contribution in [0.5, 0.6) is 0 Å². The Morgan fingerprint density at radius 2 is 2.00 bits per heavy atom. The summed E-state index contributed by atoms with van der Waals surface area (Å²) in [6, 6.07) is 6.44. The first-order valence-electron chi connectivity index (χ1n) is 12.3. The van der Waals surface area contributed by atoms with Crippen LogP contribution in [0.1, 0.15) is 63.1 Å². The zero-order chi connectivity index (χ0) is 23.6. The summed E-state index contributed by atoms with van der Waals surface area (Å²) < 4.78 is 0. The van der Waals surface area contributed by atoms with Gasteiger partial charge >= 0.3 is 0 Å². The van der Waals surface area contributed by atoms with E-state index >= 15 is 0 Å². The lowest BCUT2D eigenvalue weighted by molar-refractivity contribution is 0.231. The van der Waals surface area contributed by atoms with Crippen LogP contribution in [0.25, 0.3) is 11.6 Å². The topological polar surface area (TPSA) is 51.2 Å². The maximum atomic E-state index is 7.99. The van der Waals surface area contributed by atoms with E-state index in [1.807, 2.05) is 12.3 Å². The van der Waals surface area contributed by atoms with Gasteiger partial charge in [0.1, 0.15) is 0 Å². The number of benzene rings is 1. The largest absolute Gasteiger partial charge is 0.389 e. The van der Waals surface area contributed by atoms with Gasteiger partial charge in [0.15, 0.2) is 0 Å². The molecule has 3 rings (SSSR count). The third-order valence-corrected chi connectivity index (χ3v) is 6.47. The summed E-state index contributed by atoms with van der Waals surface area (Å²) in [6.45, 7) is 14.9. The molecule has 0 aliphatic carbocycles. The van der Waals surface area contributed by atoms with Crippen LogP contribution < -0.4 is 10.6 Å². The highest BCUT2D eigenvalue weighted by Gasteiger charge is 2.16. The number of dihydropyridines is 1.